The lowest BCUT2D eigenvalue weighted by Crippen LogP contribution is -2.15. The van der Waals surface area contributed by atoms with Crippen molar-refractivity contribution in [3.8, 4) is 17.2 Å². The Labute approximate surface area is 135 Å². The van der Waals surface area contributed by atoms with Gasteiger partial charge in [-0.3, -0.25) is 4.79 Å². The highest BCUT2D eigenvalue weighted by Crippen LogP contribution is 2.40. The van der Waals surface area contributed by atoms with Gasteiger partial charge in [-0.1, -0.05) is 30.3 Å². The smallest absolute Gasteiger partial charge is 0.311 e. The molecule has 0 amide bonds. The van der Waals surface area contributed by atoms with E-state index in [0.717, 1.165) is 5.56 Å². The Balaban J connectivity index is 2.45. The Morgan fingerprint density at radius 2 is 1.57 bits per heavy atom. The maximum absolute atomic E-state index is 11.7. The Hall–Kier alpha value is -2.69. The summed E-state index contributed by atoms with van der Waals surface area (Å²) >= 11 is 0. The normalized spacial score (nSPS) is 11.6. The zero-order chi connectivity index (χ0) is 16.8. The zero-order valence-electron chi connectivity index (χ0n) is 13.4. The van der Waals surface area contributed by atoms with Crippen molar-refractivity contribution in [3.63, 3.8) is 0 Å². The number of carbonyl (C=O) groups is 1. The molecule has 1 unspecified atom stereocenters. The molecule has 0 fully saturated rings. The van der Waals surface area contributed by atoms with Gasteiger partial charge >= 0.3 is 5.97 Å². The second kappa shape index (κ2) is 7.54. The van der Waals surface area contributed by atoms with Crippen LogP contribution in [-0.2, 0) is 11.2 Å². The molecular formula is C18H20O5. The van der Waals surface area contributed by atoms with E-state index < -0.39 is 11.9 Å². The molecule has 0 bridgehead atoms. The second-order valence-corrected chi connectivity index (χ2v) is 5.04. The van der Waals surface area contributed by atoms with E-state index in [-0.39, 0.29) is 0 Å². The monoisotopic (exact) mass is 316 g/mol. The summed E-state index contributed by atoms with van der Waals surface area (Å²) in [5, 5.41) is 9.63. The van der Waals surface area contributed by atoms with E-state index in [0.29, 0.717) is 29.2 Å². The van der Waals surface area contributed by atoms with Crippen molar-refractivity contribution in [2.75, 3.05) is 21.3 Å². The molecule has 0 aliphatic rings. The third-order valence-corrected chi connectivity index (χ3v) is 3.67. The first-order valence-electron chi connectivity index (χ1n) is 7.17. The molecule has 2 aromatic rings. The molecule has 1 atom stereocenters. The minimum Gasteiger partial charge on any atom is -0.493 e. The third kappa shape index (κ3) is 3.74. The zero-order valence-corrected chi connectivity index (χ0v) is 13.4. The number of hydrogen-bond donors (Lipinski definition) is 1. The number of ether oxygens (including phenoxy) is 3. The van der Waals surface area contributed by atoms with Crippen molar-refractivity contribution in [2.24, 2.45) is 0 Å². The summed E-state index contributed by atoms with van der Waals surface area (Å²) in [6.07, 6.45) is 0.384. The molecular weight excluding hydrogens is 296 g/mol. The molecule has 122 valence electrons. The number of carboxylic acids is 1. The summed E-state index contributed by atoms with van der Waals surface area (Å²) < 4.78 is 15.9. The molecule has 0 spiro atoms. The molecule has 0 saturated heterocycles. The topological polar surface area (TPSA) is 65.0 Å². The summed E-state index contributed by atoms with van der Waals surface area (Å²) in [4.78, 5) is 11.7. The minimum absolute atomic E-state index is 0.384. The van der Waals surface area contributed by atoms with Gasteiger partial charge in [0.1, 0.15) is 0 Å². The van der Waals surface area contributed by atoms with Crippen LogP contribution < -0.4 is 14.2 Å². The van der Waals surface area contributed by atoms with Gasteiger partial charge in [-0.25, -0.2) is 0 Å². The first-order chi connectivity index (χ1) is 11.1. The van der Waals surface area contributed by atoms with Crippen LogP contribution in [-0.4, -0.2) is 32.4 Å². The van der Waals surface area contributed by atoms with Crippen molar-refractivity contribution < 1.29 is 24.1 Å². The molecule has 2 rings (SSSR count). The van der Waals surface area contributed by atoms with Gasteiger partial charge in [-0.15, -0.1) is 0 Å². The predicted octanol–water partition coefficient (Wildman–Crippen LogP) is 3.12. The van der Waals surface area contributed by atoms with E-state index in [2.05, 4.69) is 0 Å². The van der Waals surface area contributed by atoms with Crippen molar-refractivity contribution in [2.45, 2.75) is 12.3 Å². The lowest BCUT2D eigenvalue weighted by Gasteiger charge is -2.18. The molecule has 1 N–H and O–H groups in total. The van der Waals surface area contributed by atoms with Crippen molar-refractivity contribution >= 4 is 5.97 Å². The maximum atomic E-state index is 11.7. The Morgan fingerprint density at radius 3 is 2.00 bits per heavy atom. The highest BCUT2D eigenvalue weighted by atomic mass is 16.5. The summed E-state index contributed by atoms with van der Waals surface area (Å²) in [6, 6.07) is 12.9. The average molecular weight is 316 g/mol. The molecule has 0 heterocycles. The fourth-order valence-electron chi connectivity index (χ4n) is 2.50. The fourth-order valence-corrected chi connectivity index (χ4v) is 2.50. The maximum Gasteiger partial charge on any atom is 0.311 e. The summed E-state index contributed by atoms with van der Waals surface area (Å²) in [7, 11) is 4.53. The number of carboxylic acid groups (broad SMARTS) is 1. The van der Waals surface area contributed by atoms with E-state index in [1.165, 1.54) is 21.3 Å². The number of methoxy groups -OCH3 is 3. The predicted molar refractivity (Wildman–Crippen MR) is 86.6 cm³/mol. The second-order valence-electron chi connectivity index (χ2n) is 5.04. The number of benzene rings is 2. The van der Waals surface area contributed by atoms with Crippen molar-refractivity contribution in [3.05, 3.63) is 53.6 Å². The largest absolute Gasteiger partial charge is 0.493 e. The van der Waals surface area contributed by atoms with Gasteiger partial charge in [-0.05, 0) is 29.7 Å². The van der Waals surface area contributed by atoms with Crippen LogP contribution in [0.2, 0.25) is 0 Å². The van der Waals surface area contributed by atoms with Gasteiger partial charge in [0.25, 0.3) is 0 Å². The van der Waals surface area contributed by atoms with Crippen molar-refractivity contribution in [1.29, 1.82) is 0 Å². The van der Waals surface area contributed by atoms with E-state index in [4.69, 9.17) is 14.2 Å². The first-order valence-corrected chi connectivity index (χ1v) is 7.17. The van der Waals surface area contributed by atoms with Crippen LogP contribution >= 0.6 is 0 Å². The first kappa shape index (κ1) is 16.7. The highest BCUT2D eigenvalue weighted by Gasteiger charge is 2.24. The highest BCUT2D eigenvalue weighted by molar-refractivity contribution is 5.77. The van der Waals surface area contributed by atoms with E-state index in [1.807, 2.05) is 30.3 Å². The lowest BCUT2D eigenvalue weighted by atomic mass is 9.91. The molecule has 0 aromatic heterocycles. The molecule has 0 aliphatic heterocycles. The summed E-state index contributed by atoms with van der Waals surface area (Å²) in [5.74, 6) is -0.265. The Morgan fingerprint density at radius 1 is 1.00 bits per heavy atom. The SMILES string of the molecule is COc1cc(C(Cc2ccccc2)C(=O)O)cc(OC)c1OC. The number of rotatable bonds is 7. The van der Waals surface area contributed by atoms with Gasteiger partial charge in [0.2, 0.25) is 5.75 Å². The standard InChI is InChI=1S/C18H20O5/c1-21-15-10-13(11-16(22-2)17(15)23-3)14(18(19)20)9-12-7-5-4-6-8-12/h4-8,10-11,14H,9H2,1-3H3,(H,19,20). The molecule has 5 nitrogen and oxygen atoms in total. The van der Waals surface area contributed by atoms with Crippen LogP contribution in [0.15, 0.2) is 42.5 Å². The number of hydrogen-bond acceptors (Lipinski definition) is 4. The van der Waals surface area contributed by atoms with Crippen LogP contribution in [0, 0.1) is 0 Å². The van der Waals surface area contributed by atoms with Gasteiger partial charge < -0.3 is 19.3 Å². The van der Waals surface area contributed by atoms with E-state index >= 15 is 0 Å². The Bertz CT molecular complexity index is 641. The molecule has 0 saturated carbocycles. The van der Waals surface area contributed by atoms with Crippen LogP contribution in [0.25, 0.3) is 0 Å². The van der Waals surface area contributed by atoms with Crippen molar-refractivity contribution in [1.82, 2.24) is 0 Å². The lowest BCUT2D eigenvalue weighted by molar-refractivity contribution is -0.138. The van der Waals surface area contributed by atoms with Crippen LogP contribution in [0.1, 0.15) is 17.0 Å². The minimum atomic E-state index is -0.900. The Kier molecular flexibility index (Phi) is 5.46. The molecule has 5 heteroatoms. The molecule has 23 heavy (non-hydrogen) atoms. The summed E-state index contributed by atoms with van der Waals surface area (Å²) in [6.45, 7) is 0. The van der Waals surface area contributed by atoms with Gasteiger partial charge in [0.15, 0.2) is 11.5 Å². The molecule has 2 aromatic carbocycles. The molecule has 0 aliphatic carbocycles. The fraction of sp³-hybridized carbons (Fsp3) is 0.278. The van der Waals surface area contributed by atoms with Crippen LogP contribution in [0.5, 0.6) is 17.2 Å². The summed E-state index contributed by atoms with van der Waals surface area (Å²) in [5.41, 5.74) is 1.56. The van der Waals surface area contributed by atoms with Crippen LogP contribution in [0.3, 0.4) is 0 Å². The van der Waals surface area contributed by atoms with Crippen LogP contribution in [0.4, 0.5) is 0 Å². The van der Waals surface area contributed by atoms with Gasteiger partial charge in [0.05, 0.1) is 27.2 Å². The van der Waals surface area contributed by atoms with E-state index in [1.54, 1.807) is 12.1 Å². The third-order valence-electron chi connectivity index (χ3n) is 3.67. The van der Waals surface area contributed by atoms with Gasteiger partial charge in [-0.2, -0.15) is 0 Å². The average Bonchev–Trinajstić information content (AvgIpc) is 2.58. The number of aliphatic carboxylic acids is 1. The van der Waals surface area contributed by atoms with Gasteiger partial charge in [0, 0.05) is 0 Å². The molecule has 0 radical (unpaired) electrons. The quantitative estimate of drug-likeness (QED) is 0.850. The van der Waals surface area contributed by atoms with E-state index in [9.17, 15) is 9.90 Å².